The third-order valence-corrected chi connectivity index (χ3v) is 2.93. The van der Waals surface area contributed by atoms with E-state index in [0.717, 1.165) is 16.7 Å². The number of aromatic nitrogens is 2. The van der Waals surface area contributed by atoms with E-state index in [9.17, 15) is 18.0 Å². The van der Waals surface area contributed by atoms with E-state index in [1.54, 1.807) is 13.8 Å². The van der Waals surface area contributed by atoms with Crippen molar-refractivity contribution in [2.24, 2.45) is 0 Å². The number of halogens is 4. The van der Waals surface area contributed by atoms with Crippen LogP contribution in [0.15, 0.2) is 23.3 Å². The van der Waals surface area contributed by atoms with Gasteiger partial charge in [0.25, 0.3) is 0 Å². The molecule has 0 amide bonds. The zero-order valence-electron chi connectivity index (χ0n) is 9.62. The normalized spacial score (nSPS) is 12.6. The third kappa shape index (κ3) is 2.01. The van der Waals surface area contributed by atoms with Crippen molar-refractivity contribution in [1.82, 2.24) is 8.97 Å². The van der Waals surface area contributed by atoms with E-state index in [2.05, 4.69) is 0 Å². The van der Waals surface area contributed by atoms with Gasteiger partial charge in [-0.05, 0) is 19.9 Å². The van der Waals surface area contributed by atoms with Gasteiger partial charge in [-0.1, -0.05) is 11.6 Å². The highest BCUT2D eigenvalue weighted by molar-refractivity contribution is 6.33. The number of nitrogens with zero attached hydrogens (tertiary/aromatic N) is 2. The van der Waals surface area contributed by atoms with Crippen LogP contribution in [-0.4, -0.2) is 8.97 Å². The Morgan fingerprint density at radius 3 is 2.39 bits per heavy atom. The molecule has 0 saturated heterocycles. The fourth-order valence-electron chi connectivity index (χ4n) is 1.69. The van der Waals surface area contributed by atoms with Gasteiger partial charge in [-0.2, -0.15) is 13.2 Å². The largest absolute Gasteiger partial charge is 0.417 e. The van der Waals surface area contributed by atoms with Gasteiger partial charge in [-0.15, -0.1) is 0 Å². The van der Waals surface area contributed by atoms with Gasteiger partial charge < -0.3 is 0 Å². The maximum absolute atomic E-state index is 12.6. The average molecular weight is 279 g/mol. The van der Waals surface area contributed by atoms with Gasteiger partial charge in [-0.25, -0.2) is 4.79 Å². The molecule has 0 aromatic carbocycles. The fraction of sp³-hybridized carbons (Fsp3) is 0.364. The van der Waals surface area contributed by atoms with E-state index in [1.807, 2.05) is 0 Å². The van der Waals surface area contributed by atoms with Crippen molar-refractivity contribution in [1.29, 1.82) is 0 Å². The molecule has 0 aliphatic rings. The molecule has 2 aromatic heterocycles. The standard InChI is InChI=1S/C11H10ClF3N2O/c1-6(2)16-5-9-8(12)3-7(11(13,14)15)4-17(9)10(16)18/h3-6H,1-2H3. The number of pyridine rings is 1. The predicted octanol–water partition coefficient (Wildman–Crippen LogP) is 3.35. The van der Waals surface area contributed by atoms with Crippen LogP contribution < -0.4 is 5.69 Å². The summed E-state index contributed by atoms with van der Waals surface area (Å²) >= 11 is 5.79. The van der Waals surface area contributed by atoms with Gasteiger partial charge in [0.1, 0.15) is 0 Å². The Bertz CT molecular complexity index is 655. The highest BCUT2D eigenvalue weighted by Gasteiger charge is 2.32. The number of rotatable bonds is 1. The van der Waals surface area contributed by atoms with Gasteiger partial charge in [0.15, 0.2) is 0 Å². The molecule has 18 heavy (non-hydrogen) atoms. The molecule has 0 N–H and O–H groups in total. The number of imidazole rings is 1. The molecular weight excluding hydrogens is 269 g/mol. The highest BCUT2D eigenvalue weighted by Crippen LogP contribution is 2.32. The van der Waals surface area contributed by atoms with Crippen LogP contribution in [0.3, 0.4) is 0 Å². The Labute approximate surface area is 105 Å². The molecule has 3 nitrogen and oxygen atoms in total. The molecule has 0 atom stereocenters. The summed E-state index contributed by atoms with van der Waals surface area (Å²) in [7, 11) is 0. The minimum atomic E-state index is -4.53. The van der Waals surface area contributed by atoms with E-state index in [0.29, 0.717) is 0 Å². The van der Waals surface area contributed by atoms with Gasteiger partial charge in [0.2, 0.25) is 0 Å². The number of fused-ring (bicyclic) bond motifs is 1. The van der Waals surface area contributed by atoms with Crippen LogP contribution in [0.25, 0.3) is 5.52 Å². The number of hydrogen-bond donors (Lipinski definition) is 0. The summed E-state index contributed by atoms with van der Waals surface area (Å²) in [5.74, 6) is 0. The van der Waals surface area contributed by atoms with Crippen LogP contribution >= 0.6 is 11.6 Å². The summed E-state index contributed by atoms with van der Waals surface area (Å²) in [6.07, 6.45) is -2.31. The van der Waals surface area contributed by atoms with Gasteiger partial charge >= 0.3 is 11.9 Å². The average Bonchev–Trinajstić information content (AvgIpc) is 2.56. The second-order valence-electron chi connectivity index (χ2n) is 4.24. The first-order chi connectivity index (χ1) is 8.21. The van der Waals surface area contributed by atoms with E-state index in [4.69, 9.17) is 11.6 Å². The molecule has 0 bridgehead atoms. The lowest BCUT2D eigenvalue weighted by molar-refractivity contribution is -0.137. The van der Waals surface area contributed by atoms with Crippen LogP contribution in [0.4, 0.5) is 13.2 Å². The molecule has 2 heterocycles. The Balaban J connectivity index is 2.81. The maximum atomic E-state index is 12.6. The summed E-state index contributed by atoms with van der Waals surface area (Å²) in [5.41, 5.74) is -1.21. The molecule has 0 radical (unpaired) electrons. The lowest BCUT2D eigenvalue weighted by atomic mass is 10.2. The molecule has 0 aliphatic carbocycles. The summed E-state index contributed by atoms with van der Waals surface area (Å²) < 4.78 is 40.1. The quantitative estimate of drug-likeness (QED) is 0.786. The van der Waals surface area contributed by atoms with Crippen molar-refractivity contribution in [3.05, 3.63) is 39.5 Å². The minimum Gasteiger partial charge on any atom is -0.296 e. The molecule has 0 saturated carbocycles. The van der Waals surface area contributed by atoms with Gasteiger partial charge in [-0.3, -0.25) is 8.97 Å². The van der Waals surface area contributed by atoms with E-state index < -0.39 is 17.4 Å². The Morgan fingerprint density at radius 1 is 1.28 bits per heavy atom. The lowest BCUT2D eigenvalue weighted by Crippen LogP contribution is -2.22. The molecule has 0 spiro atoms. The smallest absolute Gasteiger partial charge is 0.296 e. The van der Waals surface area contributed by atoms with Crippen LogP contribution in [0, 0.1) is 0 Å². The molecule has 98 valence electrons. The monoisotopic (exact) mass is 278 g/mol. The summed E-state index contributed by atoms with van der Waals surface area (Å²) in [6.45, 7) is 3.53. The maximum Gasteiger partial charge on any atom is 0.417 e. The van der Waals surface area contributed by atoms with Crippen molar-refractivity contribution < 1.29 is 13.2 Å². The number of alkyl halides is 3. The third-order valence-electron chi connectivity index (χ3n) is 2.63. The van der Waals surface area contributed by atoms with Crippen LogP contribution in [0.5, 0.6) is 0 Å². The topological polar surface area (TPSA) is 26.4 Å². The fourth-order valence-corrected chi connectivity index (χ4v) is 1.95. The van der Waals surface area contributed by atoms with Crippen molar-refractivity contribution >= 4 is 17.1 Å². The molecule has 0 fully saturated rings. The van der Waals surface area contributed by atoms with Gasteiger partial charge in [0.05, 0.1) is 16.1 Å². The molecular formula is C11H10ClF3N2O. The van der Waals surface area contributed by atoms with Crippen molar-refractivity contribution in [3.63, 3.8) is 0 Å². The first-order valence-corrected chi connectivity index (χ1v) is 5.59. The van der Waals surface area contributed by atoms with Gasteiger partial charge in [0, 0.05) is 18.4 Å². The summed E-state index contributed by atoms with van der Waals surface area (Å²) in [5, 5.41) is -0.0960. The zero-order valence-corrected chi connectivity index (χ0v) is 10.4. The molecule has 7 heteroatoms. The minimum absolute atomic E-state index is 0.0960. The van der Waals surface area contributed by atoms with Crippen LogP contribution in [-0.2, 0) is 6.18 Å². The molecule has 0 unspecified atom stereocenters. The first-order valence-electron chi connectivity index (χ1n) is 5.21. The Hall–Kier alpha value is -1.43. The molecule has 0 aliphatic heterocycles. The van der Waals surface area contributed by atoms with E-state index in [-0.39, 0.29) is 16.6 Å². The zero-order chi connectivity index (χ0) is 13.7. The number of hydrogen-bond acceptors (Lipinski definition) is 1. The Morgan fingerprint density at radius 2 is 1.89 bits per heavy atom. The van der Waals surface area contributed by atoms with Crippen molar-refractivity contribution in [2.75, 3.05) is 0 Å². The predicted molar refractivity (Wildman–Crippen MR) is 62.1 cm³/mol. The first kappa shape index (κ1) is 13.0. The van der Waals surface area contributed by atoms with E-state index in [1.165, 1.54) is 10.8 Å². The lowest BCUT2D eigenvalue weighted by Gasteiger charge is -2.07. The summed E-state index contributed by atoms with van der Waals surface area (Å²) in [4.78, 5) is 11.9. The second-order valence-corrected chi connectivity index (χ2v) is 4.65. The molecule has 2 aromatic rings. The SMILES string of the molecule is CC(C)n1cc2c(Cl)cc(C(F)(F)F)cn2c1=O. The van der Waals surface area contributed by atoms with Crippen molar-refractivity contribution in [2.45, 2.75) is 26.1 Å². The summed E-state index contributed by atoms with van der Waals surface area (Å²) in [6, 6.07) is 0.670. The van der Waals surface area contributed by atoms with Crippen molar-refractivity contribution in [3.8, 4) is 0 Å². The second kappa shape index (κ2) is 4.05. The van der Waals surface area contributed by atoms with Crippen LogP contribution in [0.1, 0.15) is 25.5 Å². The van der Waals surface area contributed by atoms with E-state index >= 15 is 0 Å². The molecule has 2 rings (SSSR count). The highest BCUT2D eigenvalue weighted by atomic mass is 35.5. The van der Waals surface area contributed by atoms with Crippen LogP contribution in [0.2, 0.25) is 5.02 Å². The Kier molecular flexibility index (Phi) is 2.93.